The molecule has 0 fully saturated rings. The van der Waals surface area contributed by atoms with Crippen molar-refractivity contribution < 1.29 is 34.5 Å². The van der Waals surface area contributed by atoms with Gasteiger partial charge >= 0.3 is 5.97 Å². The molecule has 1 aromatic rings. The summed E-state index contributed by atoms with van der Waals surface area (Å²) in [6, 6.07) is 2.66. The van der Waals surface area contributed by atoms with E-state index in [1.54, 1.807) is 12.1 Å². The molecule has 1 aromatic carbocycles. The number of rotatable bonds is 12. The molecule has 0 heterocycles. The molecule has 1 rings (SSSR count). The first-order valence-electron chi connectivity index (χ1n) is 10.2. The van der Waals surface area contributed by atoms with E-state index in [1.807, 2.05) is 13.8 Å². The molecule has 4 atom stereocenters. The second-order valence-corrected chi connectivity index (χ2v) is 8.01. The van der Waals surface area contributed by atoms with Crippen LogP contribution in [-0.2, 0) is 25.6 Å². The summed E-state index contributed by atoms with van der Waals surface area (Å²) >= 11 is 0. The van der Waals surface area contributed by atoms with Gasteiger partial charge in [0, 0.05) is 0 Å². The van der Waals surface area contributed by atoms with Crippen LogP contribution >= 0.6 is 0 Å². The van der Waals surface area contributed by atoms with Gasteiger partial charge < -0.3 is 37.0 Å². The zero-order valence-corrected chi connectivity index (χ0v) is 18.4. The number of amides is 3. The van der Waals surface area contributed by atoms with Crippen LogP contribution in [0.25, 0.3) is 0 Å². The minimum absolute atomic E-state index is 0.00537. The van der Waals surface area contributed by atoms with E-state index >= 15 is 0 Å². The zero-order chi connectivity index (χ0) is 24.4. The van der Waals surface area contributed by atoms with Crippen molar-refractivity contribution in [3.63, 3.8) is 0 Å². The third-order valence-electron chi connectivity index (χ3n) is 4.55. The number of aliphatic carboxylic acids is 1. The van der Waals surface area contributed by atoms with Gasteiger partial charge in [0.25, 0.3) is 0 Å². The van der Waals surface area contributed by atoms with Crippen molar-refractivity contribution in [1.82, 2.24) is 16.0 Å². The lowest BCUT2D eigenvalue weighted by atomic mass is 10.0. The average Bonchev–Trinajstić information content (AvgIpc) is 2.70. The van der Waals surface area contributed by atoms with Crippen molar-refractivity contribution in [2.24, 2.45) is 11.7 Å². The van der Waals surface area contributed by atoms with E-state index in [-0.39, 0.29) is 24.5 Å². The summed E-state index contributed by atoms with van der Waals surface area (Å²) in [7, 11) is 0. The lowest BCUT2D eigenvalue weighted by molar-refractivity contribution is -0.139. The molecule has 0 aliphatic carbocycles. The maximum atomic E-state index is 12.7. The molecule has 32 heavy (non-hydrogen) atoms. The summed E-state index contributed by atoms with van der Waals surface area (Å²) in [5.41, 5.74) is 6.60. The van der Waals surface area contributed by atoms with Crippen LogP contribution in [0, 0.1) is 5.92 Å². The molecule has 11 nitrogen and oxygen atoms in total. The lowest BCUT2D eigenvalue weighted by Crippen LogP contribution is -2.59. The quantitative estimate of drug-likeness (QED) is 0.207. The van der Waals surface area contributed by atoms with Crippen LogP contribution in [0.15, 0.2) is 24.3 Å². The Balaban J connectivity index is 2.82. The largest absolute Gasteiger partial charge is 0.508 e. The normalized spacial score (nSPS) is 14.7. The Morgan fingerprint density at radius 1 is 0.969 bits per heavy atom. The number of hydrogen-bond donors (Lipinski definition) is 7. The number of hydrogen-bond acceptors (Lipinski definition) is 7. The van der Waals surface area contributed by atoms with Crippen LogP contribution in [0.3, 0.4) is 0 Å². The third-order valence-corrected chi connectivity index (χ3v) is 4.55. The van der Waals surface area contributed by atoms with E-state index in [4.69, 9.17) is 10.8 Å². The highest BCUT2D eigenvalue weighted by Crippen LogP contribution is 2.11. The van der Waals surface area contributed by atoms with Crippen molar-refractivity contribution in [2.45, 2.75) is 57.8 Å². The Labute approximate surface area is 186 Å². The van der Waals surface area contributed by atoms with Crippen LogP contribution in [0.1, 0.15) is 32.8 Å². The number of carboxylic acids is 1. The smallest absolute Gasteiger partial charge is 0.322 e. The Morgan fingerprint density at radius 3 is 2.06 bits per heavy atom. The van der Waals surface area contributed by atoms with Gasteiger partial charge in [0.05, 0.1) is 12.1 Å². The van der Waals surface area contributed by atoms with Crippen molar-refractivity contribution in [3.8, 4) is 5.75 Å². The number of nitrogens with one attached hydrogen (secondary N) is 3. The van der Waals surface area contributed by atoms with Gasteiger partial charge in [-0.25, -0.2) is 0 Å². The zero-order valence-electron chi connectivity index (χ0n) is 18.4. The predicted molar refractivity (Wildman–Crippen MR) is 115 cm³/mol. The number of phenols is 1. The van der Waals surface area contributed by atoms with E-state index in [9.17, 15) is 29.4 Å². The fourth-order valence-electron chi connectivity index (χ4n) is 2.89. The Kier molecular flexibility index (Phi) is 10.6. The Bertz CT molecular complexity index is 796. The number of nitrogens with two attached hydrogens (primary N) is 1. The molecule has 0 saturated heterocycles. The molecule has 178 valence electrons. The van der Waals surface area contributed by atoms with E-state index in [0.29, 0.717) is 5.56 Å². The average molecular weight is 453 g/mol. The van der Waals surface area contributed by atoms with Crippen LogP contribution < -0.4 is 21.7 Å². The first kappa shape index (κ1) is 26.9. The number of benzene rings is 1. The second-order valence-electron chi connectivity index (χ2n) is 8.01. The number of carbonyl (C=O) groups is 4. The summed E-state index contributed by atoms with van der Waals surface area (Å²) in [6.45, 7) is 4.34. The Hall–Kier alpha value is -3.18. The van der Waals surface area contributed by atoms with Crippen molar-refractivity contribution in [3.05, 3.63) is 29.8 Å². The van der Waals surface area contributed by atoms with Crippen molar-refractivity contribution in [1.29, 1.82) is 0 Å². The summed E-state index contributed by atoms with van der Waals surface area (Å²) in [6.07, 6.45) is -0.937. The maximum Gasteiger partial charge on any atom is 0.322 e. The second kappa shape index (κ2) is 12.6. The van der Waals surface area contributed by atoms with Crippen molar-refractivity contribution in [2.75, 3.05) is 6.54 Å². The summed E-state index contributed by atoms with van der Waals surface area (Å²) in [5, 5.41) is 35.2. The maximum absolute atomic E-state index is 12.7. The molecule has 0 radical (unpaired) electrons. The van der Waals surface area contributed by atoms with E-state index in [0.717, 1.165) is 0 Å². The number of carboxylic acid groups (broad SMARTS) is 1. The molecular weight excluding hydrogens is 420 g/mol. The number of aromatic hydroxyl groups is 1. The minimum Gasteiger partial charge on any atom is -0.508 e. The molecule has 0 aliphatic heterocycles. The van der Waals surface area contributed by atoms with Crippen molar-refractivity contribution >= 4 is 23.7 Å². The molecule has 0 aliphatic rings. The van der Waals surface area contributed by atoms with Crippen LogP contribution in [0.4, 0.5) is 0 Å². The highest BCUT2D eigenvalue weighted by atomic mass is 16.4. The van der Waals surface area contributed by atoms with E-state index in [1.165, 1.54) is 19.1 Å². The van der Waals surface area contributed by atoms with Gasteiger partial charge in [-0.15, -0.1) is 0 Å². The van der Waals surface area contributed by atoms with E-state index < -0.39 is 54.5 Å². The fraction of sp³-hybridized carbons (Fsp3) is 0.524. The first-order valence-corrected chi connectivity index (χ1v) is 10.2. The summed E-state index contributed by atoms with van der Waals surface area (Å²) in [4.78, 5) is 48.2. The number of aliphatic hydroxyl groups is 1. The molecule has 3 amide bonds. The fourth-order valence-corrected chi connectivity index (χ4v) is 2.89. The van der Waals surface area contributed by atoms with Gasteiger partial charge in [0.15, 0.2) is 0 Å². The van der Waals surface area contributed by atoms with Gasteiger partial charge in [0.1, 0.15) is 24.4 Å². The molecule has 0 bridgehead atoms. The topological polar surface area (TPSA) is 191 Å². The highest BCUT2D eigenvalue weighted by Gasteiger charge is 2.31. The molecule has 11 heteroatoms. The highest BCUT2D eigenvalue weighted by molar-refractivity contribution is 5.94. The molecule has 4 unspecified atom stereocenters. The molecular formula is C21H32N4O7. The Morgan fingerprint density at radius 2 is 1.56 bits per heavy atom. The van der Waals surface area contributed by atoms with Gasteiger partial charge in [0.2, 0.25) is 17.7 Å². The lowest BCUT2D eigenvalue weighted by Gasteiger charge is -2.26. The third kappa shape index (κ3) is 9.31. The molecule has 0 spiro atoms. The van der Waals surface area contributed by atoms with E-state index in [2.05, 4.69) is 16.0 Å². The number of carbonyl (C=O) groups excluding carboxylic acids is 3. The van der Waals surface area contributed by atoms with Crippen LogP contribution in [0.5, 0.6) is 5.75 Å². The number of phenolic OH excluding ortho intramolecular Hbond substituents is 1. The van der Waals surface area contributed by atoms with Gasteiger partial charge in [-0.1, -0.05) is 26.0 Å². The van der Waals surface area contributed by atoms with Crippen LogP contribution in [-0.4, -0.2) is 69.8 Å². The monoisotopic (exact) mass is 452 g/mol. The number of aliphatic hydroxyl groups excluding tert-OH is 1. The standard InChI is InChI=1S/C21H32N4O7/c1-11(2)8-16(20(31)23-10-17(28)29)24-21(32)18(12(3)26)25-19(30)15(22)9-13-4-6-14(27)7-5-13/h4-7,11-12,15-16,18,26-27H,8-10,22H2,1-3H3,(H,23,31)(H,24,32)(H,25,30)(H,28,29). The molecule has 8 N–H and O–H groups in total. The predicted octanol–water partition coefficient (Wildman–Crippen LogP) is -1.14. The van der Waals surface area contributed by atoms with Crippen LogP contribution in [0.2, 0.25) is 0 Å². The molecule has 0 saturated carbocycles. The summed E-state index contributed by atoms with van der Waals surface area (Å²) in [5.74, 6) is -3.34. The van der Waals surface area contributed by atoms with Gasteiger partial charge in [-0.2, -0.15) is 0 Å². The minimum atomic E-state index is -1.38. The summed E-state index contributed by atoms with van der Waals surface area (Å²) < 4.78 is 0. The van der Waals surface area contributed by atoms with Gasteiger partial charge in [-0.3, -0.25) is 19.2 Å². The first-order chi connectivity index (χ1) is 14.9. The van der Waals surface area contributed by atoms with Gasteiger partial charge in [-0.05, 0) is 43.4 Å². The molecule has 0 aromatic heterocycles. The SMILES string of the molecule is CC(C)CC(NC(=O)C(NC(=O)C(N)Cc1ccc(O)cc1)C(C)O)C(=O)NCC(=O)O.